The second-order valence-electron chi connectivity index (χ2n) is 4.37. The van der Waals surface area contributed by atoms with Gasteiger partial charge in [0.15, 0.2) is 9.84 Å². The number of rotatable bonds is 3. The lowest BCUT2D eigenvalue weighted by Crippen LogP contribution is -1.98. The van der Waals surface area contributed by atoms with E-state index in [1.165, 1.54) is 5.41 Å². The Morgan fingerprint density at radius 2 is 1.79 bits per heavy atom. The Morgan fingerprint density at radius 1 is 1.11 bits per heavy atom. The molecule has 2 aromatic rings. The van der Waals surface area contributed by atoms with Crippen molar-refractivity contribution in [1.29, 1.82) is 0 Å². The second kappa shape index (κ2) is 5.36. The molecule has 0 amide bonds. The number of nitrogens with zero attached hydrogens (tertiary/aromatic N) is 1. The molecule has 0 spiro atoms. The molecular formula is C15H15NO2S. The Hall–Kier alpha value is -1.94. The maximum absolute atomic E-state index is 12.2. The molecule has 0 aliphatic rings. The van der Waals surface area contributed by atoms with Crippen LogP contribution in [0, 0.1) is 6.92 Å². The van der Waals surface area contributed by atoms with E-state index in [0.29, 0.717) is 16.2 Å². The topological polar surface area (TPSA) is 47.0 Å². The van der Waals surface area contributed by atoms with Gasteiger partial charge in [0.1, 0.15) is 0 Å². The highest BCUT2D eigenvalue weighted by atomic mass is 32.2. The van der Waals surface area contributed by atoms with Crippen LogP contribution in [0.4, 0.5) is 0 Å². The molecule has 0 radical (unpaired) electrons. The predicted molar refractivity (Wildman–Crippen MR) is 76.3 cm³/mol. The number of pyridine rings is 1. The first-order valence-corrected chi connectivity index (χ1v) is 7.45. The molecule has 1 heterocycles. The van der Waals surface area contributed by atoms with E-state index in [2.05, 4.69) is 4.98 Å². The van der Waals surface area contributed by atoms with Crippen LogP contribution in [0.5, 0.6) is 0 Å². The van der Waals surface area contributed by atoms with Gasteiger partial charge in [-0.1, -0.05) is 23.8 Å². The van der Waals surface area contributed by atoms with Crippen molar-refractivity contribution in [2.75, 3.05) is 0 Å². The van der Waals surface area contributed by atoms with Crippen molar-refractivity contribution >= 4 is 15.4 Å². The fourth-order valence-electron chi connectivity index (χ4n) is 1.69. The third-order valence-electron chi connectivity index (χ3n) is 2.75. The summed E-state index contributed by atoms with van der Waals surface area (Å²) >= 11 is 0. The van der Waals surface area contributed by atoms with Crippen LogP contribution in [0.1, 0.15) is 18.2 Å². The van der Waals surface area contributed by atoms with Crippen LogP contribution < -0.4 is 0 Å². The smallest absolute Gasteiger partial charge is 0.200 e. The average Bonchev–Trinajstić information content (AvgIpc) is 2.40. The predicted octanol–water partition coefficient (Wildman–Crippen LogP) is 3.22. The number of benzene rings is 1. The summed E-state index contributed by atoms with van der Waals surface area (Å²) in [5, 5.41) is 1.26. The first-order chi connectivity index (χ1) is 8.99. The zero-order valence-electron chi connectivity index (χ0n) is 10.9. The van der Waals surface area contributed by atoms with Crippen LogP contribution >= 0.6 is 0 Å². The standard InChI is InChI=1S/C15H15NO2S/c1-12-6-8-14(9-7-12)19(17,18)11-13(2)15-5-3-4-10-16-15/h3-11H,1-2H3/b13-11-. The first kappa shape index (κ1) is 13.5. The SMILES string of the molecule is C/C(=C/S(=O)(=O)c1ccc(C)cc1)c1ccccn1. The Kier molecular flexibility index (Phi) is 3.81. The van der Waals surface area contributed by atoms with Gasteiger partial charge in [-0.2, -0.15) is 0 Å². The van der Waals surface area contributed by atoms with E-state index in [1.807, 2.05) is 13.0 Å². The van der Waals surface area contributed by atoms with E-state index >= 15 is 0 Å². The molecule has 0 atom stereocenters. The van der Waals surface area contributed by atoms with Crippen molar-refractivity contribution < 1.29 is 8.42 Å². The zero-order chi connectivity index (χ0) is 13.9. The van der Waals surface area contributed by atoms with Crippen LogP contribution in [0.2, 0.25) is 0 Å². The van der Waals surface area contributed by atoms with Crippen LogP contribution in [-0.4, -0.2) is 13.4 Å². The number of hydrogen-bond donors (Lipinski definition) is 0. The van der Waals surface area contributed by atoms with Crippen molar-refractivity contribution in [3.63, 3.8) is 0 Å². The molecule has 0 aliphatic carbocycles. The summed E-state index contributed by atoms with van der Waals surface area (Å²) < 4.78 is 24.4. The molecule has 0 saturated heterocycles. The second-order valence-corrected chi connectivity index (χ2v) is 6.17. The van der Waals surface area contributed by atoms with E-state index in [1.54, 1.807) is 49.5 Å². The number of allylic oxidation sites excluding steroid dienone is 1. The molecule has 19 heavy (non-hydrogen) atoms. The lowest BCUT2D eigenvalue weighted by molar-refractivity contribution is 0.604. The molecular weight excluding hydrogens is 258 g/mol. The highest BCUT2D eigenvalue weighted by molar-refractivity contribution is 7.94. The molecule has 98 valence electrons. The first-order valence-electron chi connectivity index (χ1n) is 5.90. The number of hydrogen-bond acceptors (Lipinski definition) is 3. The molecule has 0 saturated carbocycles. The Labute approximate surface area is 113 Å². The van der Waals surface area contributed by atoms with Gasteiger partial charge in [0.2, 0.25) is 0 Å². The van der Waals surface area contributed by atoms with Crippen molar-refractivity contribution in [2.45, 2.75) is 18.7 Å². The van der Waals surface area contributed by atoms with Gasteiger partial charge in [-0.25, -0.2) is 8.42 Å². The highest BCUT2D eigenvalue weighted by Crippen LogP contribution is 2.18. The zero-order valence-corrected chi connectivity index (χ0v) is 11.7. The van der Waals surface area contributed by atoms with Crippen LogP contribution in [0.3, 0.4) is 0 Å². The molecule has 0 fully saturated rings. The maximum Gasteiger partial charge on any atom is 0.200 e. The van der Waals surface area contributed by atoms with Crippen molar-refractivity contribution in [3.05, 3.63) is 65.3 Å². The van der Waals surface area contributed by atoms with Crippen LogP contribution in [0.15, 0.2) is 59.0 Å². The summed E-state index contributed by atoms with van der Waals surface area (Å²) in [6, 6.07) is 12.2. The lowest BCUT2D eigenvalue weighted by Gasteiger charge is -2.03. The third-order valence-corrected chi connectivity index (χ3v) is 4.34. The summed E-state index contributed by atoms with van der Waals surface area (Å²) in [5.41, 5.74) is 2.32. The van der Waals surface area contributed by atoms with Crippen molar-refractivity contribution in [2.24, 2.45) is 0 Å². The number of aryl methyl sites for hydroxylation is 1. The summed E-state index contributed by atoms with van der Waals surface area (Å²) in [4.78, 5) is 4.44. The monoisotopic (exact) mass is 273 g/mol. The number of aromatic nitrogens is 1. The quantitative estimate of drug-likeness (QED) is 0.862. The summed E-state index contributed by atoms with van der Waals surface area (Å²) in [7, 11) is -3.43. The molecule has 0 bridgehead atoms. The van der Waals surface area contributed by atoms with Gasteiger partial charge >= 0.3 is 0 Å². The average molecular weight is 273 g/mol. The van der Waals surface area contributed by atoms with Crippen molar-refractivity contribution in [1.82, 2.24) is 4.98 Å². The molecule has 0 N–H and O–H groups in total. The fraction of sp³-hybridized carbons (Fsp3) is 0.133. The van der Waals surface area contributed by atoms with Gasteiger partial charge in [-0.05, 0) is 43.7 Å². The Morgan fingerprint density at radius 3 is 2.37 bits per heavy atom. The van der Waals surface area contributed by atoms with E-state index < -0.39 is 9.84 Å². The minimum Gasteiger partial charge on any atom is -0.257 e. The fourth-order valence-corrected chi connectivity index (χ4v) is 2.92. The van der Waals surface area contributed by atoms with Gasteiger partial charge < -0.3 is 0 Å². The molecule has 1 aromatic carbocycles. The molecule has 1 aromatic heterocycles. The summed E-state index contributed by atoms with van der Waals surface area (Å²) in [6.07, 6.45) is 1.64. The molecule has 3 nitrogen and oxygen atoms in total. The van der Waals surface area contributed by atoms with E-state index in [0.717, 1.165) is 5.56 Å². The van der Waals surface area contributed by atoms with Gasteiger partial charge in [-0.15, -0.1) is 0 Å². The highest BCUT2D eigenvalue weighted by Gasteiger charge is 2.12. The molecule has 2 rings (SSSR count). The van der Waals surface area contributed by atoms with Crippen LogP contribution in [-0.2, 0) is 9.84 Å². The Balaban J connectivity index is 2.39. The summed E-state index contributed by atoms with van der Waals surface area (Å²) in [6.45, 7) is 3.67. The van der Waals surface area contributed by atoms with E-state index in [-0.39, 0.29) is 0 Å². The Bertz CT molecular complexity index is 687. The van der Waals surface area contributed by atoms with E-state index in [9.17, 15) is 8.42 Å². The lowest BCUT2D eigenvalue weighted by atomic mass is 10.2. The molecule has 0 unspecified atom stereocenters. The van der Waals surface area contributed by atoms with Gasteiger partial charge in [-0.3, -0.25) is 4.98 Å². The maximum atomic E-state index is 12.2. The van der Waals surface area contributed by atoms with Gasteiger partial charge in [0.25, 0.3) is 0 Å². The molecule has 4 heteroatoms. The third kappa shape index (κ3) is 3.29. The largest absolute Gasteiger partial charge is 0.257 e. The minimum atomic E-state index is -3.43. The van der Waals surface area contributed by atoms with Gasteiger partial charge in [0.05, 0.1) is 10.6 Å². The van der Waals surface area contributed by atoms with E-state index in [4.69, 9.17) is 0 Å². The normalized spacial score (nSPS) is 12.4. The molecule has 0 aliphatic heterocycles. The number of sulfone groups is 1. The van der Waals surface area contributed by atoms with Crippen LogP contribution in [0.25, 0.3) is 5.57 Å². The van der Waals surface area contributed by atoms with Gasteiger partial charge in [0, 0.05) is 11.6 Å². The minimum absolute atomic E-state index is 0.299. The summed E-state index contributed by atoms with van der Waals surface area (Å²) in [5.74, 6) is 0. The van der Waals surface area contributed by atoms with Crippen molar-refractivity contribution in [3.8, 4) is 0 Å².